The molecule has 0 unspecified atom stereocenters. The van der Waals surface area contributed by atoms with Gasteiger partial charge in [-0.15, -0.1) is 0 Å². The maximum atomic E-state index is 13.3. The molecule has 1 N–H and O–H groups in total. The van der Waals surface area contributed by atoms with Crippen molar-refractivity contribution in [2.75, 3.05) is 39.5 Å². The lowest BCUT2D eigenvalue weighted by Crippen LogP contribution is -2.44. The summed E-state index contributed by atoms with van der Waals surface area (Å²) in [5.41, 5.74) is 1.93. The van der Waals surface area contributed by atoms with Gasteiger partial charge in [0, 0.05) is 19.6 Å². The van der Waals surface area contributed by atoms with E-state index in [9.17, 15) is 9.18 Å². The number of carbonyl (C=O) groups excluding carboxylic acids is 1. The second kappa shape index (κ2) is 10.2. The normalized spacial score (nSPS) is 15.8. The van der Waals surface area contributed by atoms with Crippen molar-refractivity contribution in [3.05, 3.63) is 65.5 Å². The van der Waals surface area contributed by atoms with Gasteiger partial charge in [-0.2, -0.15) is 0 Å². The number of carbonyl (C=O) groups is 1. The highest BCUT2D eigenvalue weighted by Crippen LogP contribution is 2.22. The molecule has 0 saturated carbocycles. The zero-order valence-corrected chi connectivity index (χ0v) is 16.2. The van der Waals surface area contributed by atoms with Crippen LogP contribution in [0, 0.1) is 5.82 Å². The van der Waals surface area contributed by atoms with E-state index < -0.39 is 0 Å². The Hall–Kier alpha value is -2.44. The minimum atomic E-state index is -0.260. The maximum absolute atomic E-state index is 13.3. The molecule has 28 heavy (non-hydrogen) atoms. The zero-order valence-electron chi connectivity index (χ0n) is 16.2. The van der Waals surface area contributed by atoms with Gasteiger partial charge < -0.3 is 14.8 Å². The molecular weight excluding hydrogens is 359 g/mol. The monoisotopic (exact) mass is 386 g/mol. The van der Waals surface area contributed by atoms with Crippen LogP contribution in [0.15, 0.2) is 48.5 Å². The number of nitrogens with zero attached hydrogens (tertiary/aromatic N) is 1. The molecule has 0 aliphatic carbocycles. The average molecular weight is 386 g/mol. The van der Waals surface area contributed by atoms with Crippen molar-refractivity contribution in [2.24, 2.45) is 0 Å². The molecule has 2 aromatic carbocycles. The summed E-state index contributed by atoms with van der Waals surface area (Å²) in [4.78, 5) is 14.7. The van der Waals surface area contributed by atoms with Gasteiger partial charge in [-0.1, -0.05) is 24.3 Å². The SMILES string of the molecule is CCOc1ccc(CC(=O)NC[C@H](c2ccc(F)cc2)N2CCOCC2)cc1. The number of amides is 1. The van der Waals surface area contributed by atoms with Gasteiger partial charge >= 0.3 is 0 Å². The van der Waals surface area contributed by atoms with Crippen LogP contribution in [0.4, 0.5) is 4.39 Å². The molecule has 1 atom stereocenters. The van der Waals surface area contributed by atoms with Crippen LogP contribution in [-0.2, 0) is 16.0 Å². The maximum Gasteiger partial charge on any atom is 0.224 e. The van der Waals surface area contributed by atoms with Gasteiger partial charge in [-0.25, -0.2) is 4.39 Å². The lowest BCUT2D eigenvalue weighted by Gasteiger charge is -2.35. The van der Waals surface area contributed by atoms with Crippen LogP contribution >= 0.6 is 0 Å². The summed E-state index contributed by atoms with van der Waals surface area (Å²) in [6, 6.07) is 14.1. The van der Waals surface area contributed by atoms with E-state index in [0.29, 0.717) is 32.8 Å². The highest BCUT2D eigenvalue weighted by Gasteiger charge is 2.23. The fourth-order valence-corrected chi connectivity index (χ4v) is 3.36. The quantitative estimate of drug-likeness (QED) is 0.758. The van der Waals surface area contributed by atoms with Crippen LogP contribution in [0.2, 0.25) is 0 Å². The third-order valence-electron chi connectivity index (χ3n) is 4.83. The fourth-order valence-electron chi connectivity index (χ4n) is 3.36. The van der Waals surface area contributed by atoms with Crippen LogP contribution < -0.4 is 10.1 Å². The first-order chi connectivity index (χ1) is 13.7. The van der Waals surface area contributed by atoms with E-state index in [1.54, 1.807) is 12.1 Å². The first-order valence-electron chi connectivity index (χ1n) is 9.71. The number of ether oxygens (including phenoxy) is 2. The lowest BCUT2D eigenvalue weighted by atomic mass is 10.0. The van der Waals surface area contributed by atoms with Gasteiger partial charge in [0.25, 0.3) is 0 Å². The van der Waals surface area contributed by atoms with Crippen molar-refractivity contribution in [1.29, 1.82) is 0 Å². The Morgan fingerprint density at radius 3 is 2.46 bits per heavy atom. The highest BCUT2D eigenvalue weighted by atomic mass is 19.1. The predicted octanol–water partition coefficient (Wildman–Crippen LogP) is 2.96. The van der Waals surface area contributed by atoms with Crippen molar-refractivity contribution >= 4 is 5.91 Å². The molecule has 5 nitrogen and oxygen atoms in total. The van der Waals surface area contributed by atoms with Crippen molar-refractivity contribution in [3.63, 3.8) is 0 Å². The third-order valence-corrected chi connectivity index (χ3v) is 4.83. The Kier molecular flexibility index (Phi) is 7.39. The number of hydrogen-bond acceptors (Lipinski definition) is 4. The first kappa shape index (κ1) is 20.3. The number of hydrogen-bond donors (Lipinski definition) is 1. The van der Waals surface area contributed by atoms with Gasteiger partial charge in [0.1, 0.15) is 11.6 Å². The van der Waals surface area contributed by atoms with Gasteiger partial charge in [0.2, 0.25) is 5.91 Å². The Bertz CT molecular complexity index is 743. The largest absolute Gasteiger partial charge is 0.494 e. The molecular formula is C22H27FN2O3. The summed E-state index contributed by atoms with van der Waals surface area (Å²) in [6.45, 7) is 5.93. The van der Waals surface area contributed by atoms with E-state index in [0.717, 1.165) is 30.0 Å². The third kappa shape index (κ3) is 5.78. The second-order valence-electron chi connectivity index (χ2n) is 6.77. The molecule has 150 valence electrons. The van der Waals surface area contributed by atoms with E-state index in [1.165, 1.54) is 12.1 Å². The molecule has 2 aromatic rings. The number of morpholine rings is 1. The van der Waals surface area contributed by atoms with E-state index in [2.05, 4.69) is 10.2 Å². The summed E-state index contributed by atoms with van der Waals surface area (Å²) in [5.74, 6) is 0.504. The molecule has 0 aromatic heterocycles. The Morgan fingerprint density at radius 1 is 1.14 bits per heavy atom. The van der Waals surface area contributed by atoms with Gasteiger partial charge in [-0.05, 0) is 42.3 Å². The number of nitrogens with one attached hydrogen (secondary N) is 1. The molecule has 0 radical (unpaired) electrons. The summed E-state index contributed by atoms with van der Waals surface area (Å²) in [5, 5.41) is 3.03. The average Bonchev–Trinajstić information content (AvgIpc) is 2.72. The van der Waals surface area contributed by atoms with Crippen molar-refractivity contribution in [2.45, 2.75) is 19.4 Å². The van der Waals surface area contributed by atoms with Crippen LogP contribution in [0.25, 0.3) is 0 Å². The van der Waals surface area contributed by atoms with E-state index in [1.807, 2.05) is 31.2 Å². The van der Waals surface area contributed by atoms with E-state index in [-0.39, 0.29) is 17.8 Å². The smallest absolute Gasteiger partial charge is 0.224 e. The molecule has 1 aliphatic rings. The number of benzene rings is 2. The van der Waals surface area contributed by atoms with Crippen molar-refractivity contribution in [3.8, 4) is 5.75 Å². The van der Waals surface area contributed by atoms with Gasteiger partial charge in [0.05, 0.1) is 32.3 Å². The second-order valence-corrected chi connectivity index (χ2v) is 6.77. The summed E-state index contributed by atoms with van der Waals surface area (Å²) >= 11 is 0. The molecule has 3 rings (SSSR count). The molecule has 1 amide bonds. The van der Waals surface area contributed by atoms with Crippen LogP contribution in [0.5, 0.6) is 5.75 Å². The molecule has 1 aliphatic heterocycles. The topological polar surface area (TPSA) is 50.8 Å². The van der Waals surface area contributed by atoms with Crippen LogP contribution in [-0.4, -0.2) is 50.3 Å². The minimum absolute atomic E-state index is 0.00576. The molecule has 0 bridgehead atoms. The standard InChI is InChI=1S/C22H27FN2O3/c1-2-28-20-9-3-17(4-10-20)15-22(26)24-16-21(25-11-13-27-14-12-25)18-5-7-19(23)8-6-18/h3-10,21H,2,11-16H2,1H3,(H,24,26)/t21-/m1/s1. The van der Waals surface area contributed by atoms with Crippen LogP contribution in [0.3, 0.4) is 0 Å². The Labute approximate surface area is 165 Å². The zero-order chi connectivity index (χ0) is 19.8. The Balaban J connectivity index is 1.60. The van der Waals surface area contributed by atoms with Crippen molar-refractivity contribution < 1.29 is 18.7 Å². The minimum Gasteiger partial charge on any atom is -0.494 e. The summed E-state index contributed by atoms with van der Waals surface area (Å²) in [6.07, 6.45) is 0.311. The Morgan fingerprint density at radius 2 is 1.82 bits per heavy atom. The van der Waals surface area contributed by atoms with Crippen LogP contribution in [0.1, 0.15) is 24.1 Å². The lowest BCUT2D eigenvalue weighted by molar-refractivity contribution is -0.120. The molecule has 1 saturated heterocycles. The van der Waals surface area contributed by atoms with E-state index >= 15 is 0 Å². The highest BCUT2D eigenvalue weighted by molar-refractivity contribution is 5.78. The summed E-state index contributed by atoms with van der Waals surface area (Å²) in [7, 11) is 0. The van der Waals surface area contributed by atoms with Gasteiger partial charge in [0.15, 0.2) is 0 Å². The van der Waals surface area contributed by atoms with Crippen molar-refractivity contribution in [1.82, 2.24) is 10.2 Å². The summed E-state index contributed by atoms with van der Waals surface area (Å²) < 4.78 is 24.2. The number of halogens is 1. The number of rotatable bonds is 8. The molecule has 0 spiro atoms. The first-order valence-corrected chi connectivity index (χ1v) is 9.71. The fraction of sp³-hybridized carbons (Fsp3) is 0.409. The molecule has 6 heteroatoms. The molecule has 1 fully saturated rings. The predicted molar refractivity (Wildman–Crippen MR) is 106 cm³/mol. The van der Waals surface area contributed by atoms with Gasteiger partial charge in [-0.3, -0.25) is 9.69 Å². The van der Waals surface area contributed by atoms with E-state index in [4.69, 9.17) is 9.47 Å². The molecule has 1 heterocycles.